The summed E-state index contributed by atoms with van der Waals surface area (Å²) in [6.07, 6.45) is 5.02. The Kier molecular flexibility index (Phi) is 5.10. The van der Waals surface area contributed by atoms with Gasteiger partial charge in [0.1, 0.15) is 5.54 Å². The van der Waals surface area contributed by atoms with Crippen LogP contribution in [0.1, 0.15) is 52.1 Å². The minimum absolute atomic E-state index is 0.235. The quantitative estimate of drug-likeness (QED) is 0.469. The molecule has 0 bridgehead atoms. The molecule has 30 heavy (non-hydrogen) atoms. The molecule has 1 aromatic carbocycles. The van der Waals surface area contributed by atoms with E-state index in [0.717, 1.165) is 46.7 Å². The second kappa shape index (κ2) is 7.59. The van der Waals surface area contributed by atoms with Gasteiger partial charge in [-0.1, -0.05) is 30.3 Å². The van der Waals surface area contributed by atoms with Crippen molar-refractivity contribution >= 4 is 17.7 Å². The maximum Gasteiger partial charge on any atom is 0.325 e. The summed E-state index contributed by atoms with van der Waals surface area (Å²) in [4.78, 5) is 40.5. The zero-order valence-corrected chi connectivity index (χ0v) is 17.5. The lowest BCUT2D eigenvalue weighted by molar-refractivity contribution is -0.131. The second-order valence-electron chi connectivity index (χ2n) is 8.20. The van der Waals surface area contributed by atoms with Crippen LogP contribution in [0.5, 0.6) is 0 Å². The van der Waals surface area contributed by atoms with E-state index in [4.69, 9.17) is 0 Å². The molecule has 1 saturated heterocycles. The van der Waals surface area contributed by atoms with Gasteiger partial charge >= 0.3 is 6.03 Å². The van der Waals surface area contributed by atoms with Crippen LogP contribution in [0.15, 0.2) is 43.0 Å². The van der Waals surface area contributed by atoms with Crippen LogP contribution >= 0.6 is 0 Å². The number of carbonyl (C=O) groups is 3. The number of fused-ring (bicyclic) bond motifs is 2. The molecule has 6 heteroatoms. The number of hydrogen-bond acceptors (Lipinski definition) is 3. The third-order valence-corrected chi connectivity index (χ3v) is 6.39. The van der Waals surface area contributed by atoms with Crippen LogP contribution in [0.2, 0.25) is 0 Å². The molecule has 156 valence electrons. The zero-order valence-electron chi connectivity index (χ0n) is 17.5. The molecule has 1 spiro atoms. The average molecular weight is 405 g/mol. The third-order valence-electron chi connectivity index (χ3n) is 6.39. The van der Waals surface area contributed by atoms with Crippen molar-refractivity contribution in [3.63, 3.8) is 0 Å². The first kappa shape index (κ1) is 20.1. The molecule has 1 fully saturated rings. The lowest BCUT2D eigenvalue weighted by Crippen LogP contribution is -2.44. The van der Waals surface area contributed by atoms with Gasteiger partial charge in [0, 0.05) is 23.5 Å². The molecular formula is C24H27N3O3. The SMILES string of the molecule is C=CCn1c(C)cc(C(=O)CN2C(=O)N[C@@]3(CCCCc4ccccc43)C2=O)c1C. The van der Waals surface area contributed by atoms with Crippen molar-refractivity contribution in [2.24, 2.45) is 0 Å². The molecule has 2 heterocycles. The van der Waals surface area contributed by atoms with E-state index in [1.165, 1.54) is 0 Å². The van der Waals surface area contributed by atoms with Gasteiger partial charge in [-0.2, -0.15) is 0 Å². The predicted octanol–water partition coefficient (Wildman–Crippen LogP) is 3.65. The van der Waals surface area contributed by atoms with E-state index in [0.29, 0.717) is 18.5 Å². The van der Waals surface area contributed by atoms with Crippen molar-refractivity contribution in [1.82, 2.24) is 14.8 Å². The summed E-state index contributed by atoms with van der Waals surface area (Å²) < 4.78 is 2.00. The third kappa shape index (κ3) is 3.07. The number of nitrogens with one attached hydrogen (secondary N) is 1. The first-order valence-electron chi connectivity index (χ1n) is 10.4. The number of aromatic nitrogens is 1. The van der Waals surface area contributed by atoms with Gasteiger partial charge in [0.25, 0.3) is 5.91 Å². The van der Waals surface area contributed by atoms with Gasteiger partial charge in [0.2, 0.25) is 0 Å². The number of rotatable bonds is 5. The van der Waals surface area contributed by atoms with E-state index in [1.807, 2.05) is 48.7 Å². The van der Waals surface area contributed by atoms with Gasteiger partial charge in [-0.25, -0.2) is 4.79 Å². The number of hydrogen-bond donors (Lipinski definition) is 1. The number of urea groups is 1. The van der Waals surface area contributed by atoms with Crippen molar-refractivity contribution in [2.75, 3.05) is 6.54 Å². The summed E-state index contributed by atoms with van der Waals surface area (Å²) in [5.41, 5.74) is 3.19. The Hall–Kier alpha value is -3.15. The minimum Gasteiger partial charge on any atom is -0.345 e. The van der Waals surface area contributed by atoms with Crippen LogP contribution in [0.25, 0.3) is 0 Å². The minimum atomic E-state index is -1.07. The Labute approximate surface area is 176 Å². The summed E-state index contributed by atoms with van der Waals surface area (Å²) in [5, 5.41) is 2.94. The number of allylic oxidation sites excluding steroid dienone is 1. The highest BCUT2D eigenvalue weighted by molar-refractivity contribution is 6.11. The Bertz CT molecular complexity index is 1050. The first-order chi connectivity index (χ1) is 14.4. The number of carbonyl (C=O) groups excluding carboxylic acids is 3. The van der Waals surface area contributed by atoms with E-state index in [2.05, 4.69) is 11.9 Å². The Morgan fingerprint density at radius 2 is 2.00 bits per heavy atom. The van der Waals surface area contributed by atoms with E-state index in [9.17, 15) is 14.4 Å². The molecule has 2 aliphatic rings. The largest absolute Gasteiger partial charge is 0.345 e. The highest BCUT2D eigenvalue weighted by Crippen LogP contribution is 2.39. The van der Waals surface area contributed by atoms with Gasteiger partial charge in [-0.15, -0.1) is 6.58 Å². The number of nitrogens with zero attached hydrogens (tertiary/aromatic N) is 2. The summed E-state index contributed by atoms with van der Waals surface area (Å²) in [5.74, 6) is -0.559. The molecule has 1 N–H and O–H groups in total. The topological polar surface area (TPSA) is 71.4 Å². The van der Waals surface area contributed by atoms with Crippen LogP contribution in [-0.2, 0) is 23.3 Å². The molecule has 0 unspecified atom stereocenters. The van der Waals surface area contributed by atoms with Crippen molar-refractivity contribution in [3.8, 4) is 0 Å². The molecule has 6 nitrogen and oxygen atoms in total. The fourth-order valence-corrected chi connectivity index (χ4v) is 4.84. The Morgan fingerprint density at radius 3 is 2.77 bits per heavy atom. The smallest absolute Gasteiger partial charge is 0.325 e. The number of Topliss-reactive ketones (excluding diaryl/α,β-unsaturated/α-hetero) is 1. The fourth-order valence-electron chi connectivity index (χ4n) is 4.84. The highest BCUT2D eigenvalue weighted by atomic mass is 16.2. The van der Waals surface area contributed by atoms with Gasteiger partial charge in [-0.05, 0) is 56.7 Å². The summed E-state index contributed by atoms with van der Waals surface area (Å²) in [7, 11) is 0. The van der Waals surface area contributed by atoms with Crippen molar-refractivity contribution < 1.29 is 14.4 Å². The number of aryl methyl sites for hydroxylation is 2. The van der Waals surface area contributed by atoms with Gasteiger partial charge in [-0.3, -0.25) is 14.5 Å². The van der Waals surface area contributed by atoms with Crippen LogP contribution < -0.4 is 5.32 Å². The highest BCUT2D eigenvalue weighted by Gasteiger charge is 2.53. The second-order valence-corrected chi connectivity index (χ2v) is 8.20. The van der Waals surface area contributed by atoms with E-state index in [1.54, 1.807) is 6.08 Å². The molecule has 3 amide bonds. The lowest BCUT2D eigenvalue weighted by atomic mass is 9.84. The number of amides is 3. The molecule has 4 rings (SSSR count). The predicted molar refractivity (Wildman–Crippen MR) is 114 cm³/mol. The molecule has 1 aliphatic carbocycles. The number of benzene rings is 1. The van der Waals surface area contributed by atoms with Crippen LogP contribution in [0.4, 0.5) is 4.79 Å². The lowest BCUT2D eigenvalue weighted by Gasteiger charge is -2.27. The maximum absolute atomic E-state index is 13.5. The standard InChI is InChI=1S/C24H27N3O3/c1-4-13-26-16(2)14-19(17(26)3)21(28)15-27-22(29)24(25-23(27)30)12-8-7-10-18-9-5-6-11-20(18)24/h4-6,9,11,14H,1,7-8,10,12-13,15H2,2-3H3,(H,25,30)/t24-/m1/s1. The van der Waals surface area contributed by atoms with Crippen molar-refractivity contribution in [2.45, 2.75) is 51.6 Å². The van der Waals surface area contributed by atoms with Gasteiger partial charge in [0.15, 0.2) is 5.78 Å². The first-order valence-corrected chi connectivity index (χ1v) is 10.4. The molecule has 1 aromatic heterocycles. The van der Waals surface area contributed by atoms with Crippen LogP contribution in [0, 0.1) is 13.8 Å². The number of imide groups is 1. The van der Waals surface area contributed by atoms with Gasteiger partial charge in [0.05, 0.1) is 6.54 Å². The monoisotopic (exact) mass is 405 g/mol. The zero-order chi connectivity index (χ0) is 21.5. The summed E-state index contributed by atoms with van der Waals surface area (Å²) >= 11 is 0. The molecular weight excluding hydrogens is 378 g/mol. The molecule has 0 radical (unpaired) electrons. The van der Waals surface area contributed by atoms with Crippen molar-refractivity contribution in [1.29, 1.82) is 0 Å². The summed E-state index contributed by atoms with van der Waals surface area (Å²) in [6.45, 7) is 7.91. The number of ketones is 1. The normalized spacial score (nSPS) is 20.8. The molecule has 2 aromatic rings. The molecule has 0 saturated carbocycles. The molecule has 1 aliphatic heterocycles. The fraction of sp³-hybridized carbons (Fsp3) is 0.375. The average Bonchev–Trinajstić information content (AvgIpc) is 3.05. The Balaban J connectivity index is 1.64. The van der Waals surface area contributed by atoms with E-state index < -0.39 is 11.6 Å². The summed E-state index contributed by atoms with van der Waals surface area (Å²) in [6, 6.07) is 9.12. The Morgan fingerprint density at radius 1 is 1.23 bits per heavy atom. The van der Waals surface area contributed by atoms with Crippen LogP contribution in [0.3, 0.4) is 0 Å². The van der Waals surface area contributed by atoms with E-state index >= 15 is 0 Å². The molecule has 1 atom stereocenters. The van der Waals surface area contributed by atoms with Crippen molar-refractivity contribution in [3.05, 3.63) is 71.1 Å². The maximum atomic E-state index is 13.5. The van der Waals surface area contributed by atoms with E-state index in [-0.39, 0.29) is 18.2 Å². The van der Waals surface area contributed by atoms with Gasteiger partial charge < -0.3 is 9.88 Å². The van der Waals surface area contributed by atoms with Crippen LogP contribution in [-0.4, -0.2) is 33.7 Å².